The fourth-order valence-electron chi connectivity index (χ4n) is 2.05. The molecule has 1 N–H and O–H groups in total. The summed E-state index contributed by atoms with van der Waals surface area (Å²) < 4.78 is 10.6. The first-order chi connectivity index (χ1) is 10.2. The van der Waals surface area contributed by atoms with Gasteiger partial charge in [0, 0.05) is 12.0 Å². The number of aryl methyl sites for hydroxylation is 1. The molecule has 0 aliphatic heterocycles. The molecular formula is C15H12N2O4. The van der Waals surface area contributed by atoms with Crippen molar-refractivity contribution in [2.75, 3.05) is 0 Å². The van der Waals surface area contributed by atoms with Gasteiger partial charge in [-0.15, -0.1) is 0 Å². The van der Waals surface area contributed by atoms with E-state index in [0.717, 1.165) is 11.3 Å². The molecule has 1 aromatic carbocycles. The van der Waals surface area contributed by atoms with Gasteiger partial charge in [-0.05, 0) is 18.2 Å². The maximum absolute atomic E-state index is 11.0. The molecule has 0 saturated heterocycles. The van der Waals surface area contributed by atoms with Crippen LogP contribution in [0.5, 0.6) is 0 Å². The number of carbonyl (C=O) groups is 1. The summed E-state index contributed by atoms with van der Waals surface area (Å²) in [7, 11) is 0. The monoisotopic (exact) mass is 284 g/mol. The van der Waals surface area contributed by atoms with E-state index in [4.69, 9.17) is 14.0 Å². The van der Waals surface area contributed by atoms with E-state index in [0.29, 0.717) is 23.7 Å². The van der Waals surface area contributed by atoms with Gasteiger partial charge in [0.25, 0.3) is 5.89 Å². The van der Waals surface area contributed by atoms with Crippen LogP contribution in [0.15, 0.2) is 45.5 Å². The third kappa shape index (κ3) is 2.43. The molecule has 3 rings (SSSR count). The molecule has 0 spiro atoms. The van der Waals surface area contributed by atoms with E-state index in [1.807, 2.05) is 6.92 Å². The van der Waals surface area contributed by atoms with E-state index in [9.17, 15) is 4.79 Å². The van der Waals surface area contributed by atoms with Gasteiger partial charge >= 0.3 is 5.97 Å². The SMILES string of the molecule is CCc1occc1-c1nc(-c2cccc(C(=O)O)c2)no1. The van der Waals surface area contributed by atoms with Gasteiger partial charge in [-0.1, -0.05) is 24.2 Å². The molecule has 2 aromatic heterocycles. The summed E-state index contributed by atoms with van der Waals surface area (Å²) in [5, 5.41) is 12.9. The summed E-state index contributed by atoms with van der Waals surface area (Å²) in [5.74, 6) is 0.473. The maximum atomic E-state index is 11.0. The Kier molecular flexibility index (Phi) is 3.27. The number of furan rings is 1. The van der Waals surface area contributed by atoms with Gasteiger partial charge in [-0.2, -0.15) is 4.98 Å². The number of rotatable bonds is 4. The summed E-state index contributed by atoms with van der Waals surface area (Å²) in [4.78, 5) is 15.3. The first-order valence-corrected chi connectivity index (χ1v) is 6.43. The second-order valence-corrected chi connectivity index (χ2v) is 4.42. The van der Waals surface area contributed by atoms with Crippen molar-refractivity contribution in [1.82, 2.24) is 10.1 Å². The number of aromatic carboxylic acids is 1. The topological polar surface area (TPSA) is 89.4 Å². The van der Waals surface area contributed by atoms with Gasteiger partial charge in [0.05, 0.1) is 17.4 Å². The molecule has 106 valence electrons. The van der Waals surface area contributed by atoms with Crippen LogP contribution in [0.25, 0.3) is 22.8 Å². The molecule has 0 amide bonds. The normalized spacial score (nSPS) is 10.7. The number of aromatic nitrogens is 2. The second kappa shape index (κ2) is 5.24. The van der Waals surface area contributed by atoms with E-state index in [1.54, 1.807) is 24.5 Å². The smallest absolute Gasteiger partial charge is 0.335 e. The summed E-state index contributed by atoms with van der Waals surface area (Å²) in [5.41, 5.74) is 1.52. The zero-order valence-corrected chi connectivity index (χ0v) is 11.2. The lowest BCUT2D eigenvalue weighted by Gasteiger charge is -1.96. The minimum atomic E-state index is -0.997. The first-order valence-electron chi connectivity index (χ1n) is 6.43. The van der Waals surface area contributed by atoms with E-state index in [2.05, 4.69) is 10.1 Å². The first kappa shape index (κ1) is 13.1. The Morgan fingerprint density at radius 2 is 2.19 bits per heavy atom. The molecule has 0 bridgehead atoms. The molecule has 0 saturated carbocycles. The van der Waals surface area contributed by atoms with Crippen molar-refractivity contribution in [3.05, 3.63) is 47.9 Å². The highest BCUT2D eigenvalue weighted by molar-refractivity contribution is 5.89. The Morgan fingerprint density at radius 1 is 1.33 bits per heavy atom. The minimum absolute atomic E-state index is 0.177. The van der Waals surface area contributed by atoms with E-state index in [-0.39, 0.29) is 5.56 Å². The molecule has 0 radical (unpaired) electrons. The van der Waals surface area contributed by atoms with Gasteiger partial charge in [-0.3, -0.25) is 0 Å². The van der Waals surface area contributed by atoms with Crippen molar-refractivity contribution in [1.29, 1.82) is 0 Å². The molecule has 21 heavy (non-hydrogen) atoms. The zero-order valence-electron chi connectivity index (χ0n) is 11.2. The van der Waals surface area contributed by atoms with Crippen LogP contribution in [0.1, 0.15) is 23.0 Å². The van der Waals surface area contributed by atoms with Gasteiger partial charge in [0.2, 0.25) is 5.82 Å². The Morgan fingerprint density at radius 3 is 2.95 bits per heavy atom. The predicted octanol–water partition coefficient (Wildman–Crippen LogP) is 3.26. The molecule has 0 fully saturated rings. The number of hydrogen-bond donors (Lipinski definition) is 1. The van der Waals surface area contributed by atoms with Crippen molar-refractivity contribution in [2.24, 2.45) is 0 Å². The summed E-state index contributed by atoms with van der Waals surface area (Å²) in [6.07, 6.45) is 2.29. The van der Waals surface area contributed by atoms with Crippen LogP contribution >= 0.6 is 0 Å². The zero-order chi connectivity index (χ0) is 14.8. The Labute approximate surface area is 120 Å². The fourth-order valence-corrected chi connectivity index (χ4v) is 2.05. The minimum Gasteiger partial charge on any atom is -0.478 e. The lowest BCUT2D eigenvalue weighted by atomic mass is 10.1. The molecule has 6 heteroatoms. The van der Waals surface area contributed by atoms with Crippen molar-refractivity contribution in [3.63, 3.8) is 0 Å². The third-order valence-electron chi connectivity index (χ3n) is 3.09. The fraction of sp³-hybridized carbons (Fsp3) is 0.133. The highest BCUT2D eigenvalue weighted by Crippen LogP contribution is 2.26. The van der Waals surface area contributed by atoms with E-state index in [1.165, 1.54) is 12.1 Å². The number of benzene rings is 1. The number of nitrogens with zero attached hydrogens (tertiary/aromatic N) is 2. The maximum Gasteiger partial charge on any atom is 0.335 e. The van der Waals surface area contributed by atoms with Crippen molar-refractivity contribution in [3.8, 4) is 22.8 Å². The lowest BCUT2D eigenvalue weighted by Crippen LogP contribution is -1.96. The largest absolute Gasteiger partial charge is 0.478 e. The Hall–Kier alpha value is -2.89. The number of hydrogen-bond acceptors (Lipinski definition) is 5. The molecule has 0 aliphatic carbocycles. The van der Waals surface area contributed by atoms with Crippen LogP contribution in [-0.4, -0.2) is 21.2 Å². The summed E-state index contributed by atoms with van der Waals surface area (Å²) >= 11 is 0. The molecule has 6 nitrogen and oxygen atoms in total. The molecular weight excluding hydrogens is 272 g/mol. The molecule has 0 aliphatic rings. The van der Waals surface area contributed by atoms with Gasteiger partial charge in [0.15, 0.2) is 0 Å². The van der Waals surface area contributed by atoms with Gasteiger partial charge < -0.3 is 14.0 Å². The van der Waals surface area contributed by atoms with Crippen LogP contribution in [0.3, 0.4) is 0 Å². The Balaban J connectivity index is 1.99. The standard InChI is InChI=1S/C15H12N2O4/c1-2-12-11(6-7-20-12)14-16-13(17-21-14)9-4-3-5-10(8-9)15(18)19/h3-8H,2H2,1H3,(H,18,19). The highest BCUT2D eigenvalue weighted by Gasteiger charge is 2.16. The predicted molar refractivity (Wildman–Crippen MR) is 73.8 cm³/mol. The summed E-state index contributed by atoms with van der Waals surface area (Å²) in [6.45, 7) is 1.97. The number of carboxylic acid groups (broad SMARTS) is 1. The number of carboxylic acids is 1. The van der Waals surface area contributed by atoms with Crippen molar-refractivity contribution >= 4 is 5.97 Å². The van der Waals surface area contributed by atoms with Gasteiger partial charge in [-0.25, -0.2) is 4.79 Å². The van der Waals surface area contributed by atoms with Crippen molar-refractivity contribution in [2.45, 2.75) is 13.3 Å². The van der Waals surface area contributed by atoms with Crippen LogP contribution in [-0.2, 0) is 6.42 Å². The van der Waals surface area contributed by atoms with Crippen LogP contribution in [0.4, 0.5) is 0 Å². The second-order valence-electron chi connectivity index (χ2n) is 4.42. The quantitative estimate of drug-likeness (QED) is 0.790. The van der Waals surface area contributed by atoms with Gasteiger partial charge in [0.1, 0.15) is 5.76 Å². The molecule has 2 heterocycles. The third-order valence-corrected chi connectivity index (χ3v) is 3.09. The van der Waals surface area contributed by atoms with E-state index >= 15 is 0 Å². The highest BCUT2D eigenvalue weighted by atomic mass is 16.5. The molecule has 0 atom stereocenters. The summed E-state index contributed by atoms with van der Waals surface area (Å²) in [6, 6.07) is 8.16. The average Bonchev–Trinajstić information content (AvgIpc) is 3.15. The van der Waals surface area contributed by atoms with Crippen molar-refractivity contribution < 1.29 is 18.8 Å². The van der Waals surface area contributed by atoms with Crippen LogP contribution in [0, 0.1) is 0 Å². The van der Waals surface area contributed by atoms with Crippen LogP contribution < -0.4 is 0 Å². The molecule has 3 aromatic rings. The molecule has 0 unspecified atom stereocenters. The lowest BCUT2D eigenvalue weighted by molar-refractivity contribution is 0.0697. The van der Waals surface area contributed by atoms with E-state index < -0.39 is 5.97 Å². The average molecular weight is 284 g/mol. The Bertz CT molecular complexity index is 788. The van der Waals surface area contributed by atoms with Crippen LogP contribution in [0.2, 0.25) is 0 Å².